The first-order valence-electron chi connectivity index (χ1n) is 10.5. The van der Waals surface area contributed by atoms with Crippen LogP contribution in [0.3, 0.4) is 0 Å². The van der Waals surface area contributed by atoms with E-state index in [1.165, 1.54) is 34.1 Å². The number of aliphatic imine (C=N–C) groups is 1. The highest BCUT2D eigenvalue weighted by atomic mass is 32.1. The Morgan fingerprint density at radius 1 is 1.32 bits per heavy atom. The molecular formula is C21H33N5S2. The Morgan fingerprint density at radius 2 is 2.25 bits per heavy atom. The summed E-state index contributed by atoms with van der Waals surface area (Å²) < 4.78 is 0. The molecule has 1 fully saturated rings. The summed E-state index contributed by atoms with van der Waals surface area (Å²) in [5.74, 6) is 1.58. The van der Waals surface area contributed by atoms with Crippen molar-refractivity contribution >= 4 is 28.6 Å². The van der Waals surface area contributed by atoms with Gasteiger partial charge >= 0.3 is 0 Å². The first-order chi connectivity index (χ1) is 13.8. The number of nitrogens with one attached hydrogen (secondary N) is 2. The molecule has 0 saturated carbocycles. The van der Waals surface area contributed by atoms with Gasteiger partial charge in [-0.1, -0.05) is 13.0 Å². The quantitative estimate of drug-likeness (QED) is 0.480. The Balaban J connectivity index is 1.44. The molecule has 0 aromatic carbocycles. The van der Waals surface area contributed by atoms with Crippen LogP contribution >= 0.6 is 22.7 Å². The van der Waals surface area contributed by atoms with Crippen LogP contribution in [0.1, 0.15) is 41.5 Å². The topological polar surface area (TPSA) is 52.6 Å². The van der Waals surface area contributed by atoms with E-state index in [0.717, 1.165) is 51.5 Å². The van der Waals surface area contributed by atoms with E-state index in [2.05, 4.69) is 51.9 Å². The molecule has 1 unspecified atom stereocenters. The van der Waals surface area contributed by atoms with Crippen LogP contribution in [0.15, 0.2) is 28.7 Å². The molecule has 2 N–H and O–H groups in total. The molecule has 3 heterocycles. The molecule has 0 amide bonds. The molecule has 0 bridgehead atoms. The molecule has 28 heavy (non-hydrogen) atoms. The Hall–Kier alpha value is -1.44. The van der Waals surface area contributed by atoms with Gasteiger partial charge in [-0.3, -0.25) is 9.89 Å². The van der Waals surface area contributed by atoms with Crippen LogP contribution in [-0.2, 0) is 19.4 Å². The molecule has 1 aliphatic rings. The van der Waals surface area contributed by atoms with Gasteiger partial charge in [-0.05, 0) is 50.1 Å². The third kappa shape index (κ3) is 6.87. The summed E-state index contributed by atoms with van der Waals surface area (Å²) in [6.07, 6.45) is 6.58. The standard InChI is InChI=1S/C21H33N5S2/c1-3-18-14-24-20(28-18)9-10-23-21(22-4-2)25-13-17-7-5-11-26(15-17)16-19-8-6-12-27-19/h6,8,12,14,17H,3-5,7,9-11,13,15-16H2,1-2H3,(H2,22,23,25). The zero-order valence-electron chi connectivity index (χ0n) is 17.1. The SMILES string of the molecule is CCNC(=NCC1CCCN(Cc2cccs2)C1)NCCc1ncc(CC)s1. The second-order valence-corrected chi connectivity index (χ2v) is 9.52. The van der Waals surface area contributed by atoms with Gasteiger partial charge in [0, 0.05) is 55.1 Å². The molecular weight excluding hydrogens is 386 g/mol. The van der Waals surface area contributed by atoms with Crippen molar-refractivity contribution in [2.45, 2.75) is 46.1 Å². The predicted octanol–water partition coefficient (Wildman–Crippen LogP) is 3.78. The molecule has 1 aliphatic heterocycles. The summed E-state index contributed by atoms with van der Waals surface area (Å²) in [7, 11) is 0. The van der Waals surface area contributed by atoms with Crippen molar-refractivity contribution in [2.75, 3.05) is 32.7 Å². The molecule has 0 radical (unpaired) electrons. The van der Waals surface area contributed by atoms with E-state index in [4.69, 9.17) is 4.99 Å². The lowest BCUT2D eigenvalue weighted by molar-refractivity contribution is 0.172. The van der Waals surface area contributed by atoms with E-state index in [0.29, 0.717) is 5.92 Å². The van der Waals surface area contributed by atoms with E-state index < -0.39 is 0 Å². The van der Waals surface area contributed by atoms with E-state index in [1.807, 2.05) is 28.9 Å². The Morgan fingerprint density at radius 3 is 3.00 bits per heavy atom. The second-order valence-electron chi connectivity index (χ2n) is 7.29. The summed E-state index contributed by atoms with van der Waals surface area (Å²) in [6, 6.07) is 4.39. The van der Waals surface area contributed by atoms with Crippen LogP contribution < -0.4 is 10.6 Å². The van der Waals surface area contributed by atoms with Crippen molar-refractivity contribution in [3.05, 3.63) is 38.5 Å². The highest BCUT2D eigenvalue weighted by molar-refractivity contribution is 7.11. The fraction of sp³-hybridized carbons (Fsp3) is 0.619. The lowest BCUT2D eigenvalue weighted by atomic mass is 9.98. The van der Waals surface area contributed by atoms with Crippen LogP contribution in [0.4, 0.5) is 0 Å². The first kappa shape index (κ1) is 21.3. The maximum Gasteiger partial charge on any atom is 0.191 e. The van der Waals surface area contributed by atoms with Gasteiger partial charge in [0.05, 0.1) is 5.01 Å². The Labute approximate surface area is 177 Å². The van der Waals surface area contributed by atoms with Crippen LogP contribution in [0.2, 0.25) is 0 Å². The summed E-state index contributed by atoms with van der Waals surface area (Å²) >= 11 is 3.68. The lowest BCUT2D eigenvalue weighted by Crippen LogP contribution is -2.40. The van der Waals surface area contributed by atoms with E-state index in [-0.39, 0.29) is 0 Å². The Kier molecular flexibility index (Phi) is 8.76. The number of rotatable bonds is 9. The molecule has 3 rings (SSSR count). The summed E-state index contributed by atoms with van der Waals surface area (Å²) in [4.78, 5) is 14.8. The van der Waals surface area contributed by atoms with Gasteiger partial charge in [0.15, 0.2) is 5.96 Å². The normalized spacial score (nSPS) is 18.4. The minimum atomic E-state index is 0.648. The van der Waals surface area contributed by atoms with Gasteiger partial charge in [0.25, 0.3) is 0 Å². The minimum absolute atomic E-state index is 0.648. The molecule has 0 aliphatic carbocycles. The van der Waals surface area contributed by atoms with Crippen molar-refractivity contribution in [1.29, 1.82) is 0 Å². The lowest BCUT2D eigenvalue weighted by Gasteiger charge is -2.31. The van der Waals surface area contributed by atoms with E-state index in [9.17, 15) is 0 Å². The molecule has 2 aromatic heterocycles. The van der Waals surface area contributed by atoms with Crippen molar-refractivity contribution in [1.82, 2.24) is 20.5 Å². The van der Waals surface area contributed by atoms with Gasteiger partial charge in [-0.25, -0.2) is 4.98 Å². The number of thiophene rings is 1. The zero-order chi connectivity index (χ0) is 19.6. The van der Waals surface area contributed by atoms with Gasteiger partial charge in [0.2, 0.25) is 0 Å². The number of hydrogen-bond donors (Lipinski definition) is 2. The second kappa shape index (κ2) is 11.5. The molecule has 7 heteroatoms. The van der Waals surface area contributed by atoms with Crippen LogP contribution in [0.5, 0.6) is 0 Å². The average molecular weight is 420 g/mol. The van der Waals surface area contributed by atoms with Gasteiger partial charge < -0.3 is 10.6 Å². The van der Waals surface area contributed by atoms with Gasteiger partial charge in [-0.2, -0.15) is 0 Å². The number of thiazole rings is 1. The fourth-order valence-electron chi connectivity index (χ4n) is 3.54. The number of piperidine rings is 1. The summed E-state index contributed by atoms with van der Waals surface area (Å²) in [5.41, 5.74) is 0. The number of hydrogen-bond acceptors (Lipinski definition) is 5. The maximum atomic E-state index is 4.87. The summed E-state index contributed by atoms with van der Waals surface area (Å²) in [6.45, 7) is 10.4. The van der Waals surface area contributed by atoms with Crippen molar-refractivity contribution < 1.29 is 0 Å². The van der Waals surface area contributed by atoms with Gasteiger partial charge in [-0.15, -0.1) is 22.7 Å². The third-order valence-corrected chi connectivity index (χ3v) is 7.06. The van der Waals surface area contributed by atoms with E-state index >= 15 is 0 Å². The molecule has 5 nitrogen and oxygen atoms in total. The minimum Gasteiger partial charge on any atom is -0.357 e. The number of guanidine groups is 1. The van der Waals surface area contributed by atoms with Crippen molar-refractivity contribution in [2.24, 2.45) is 10.9 Å². The molecule has 2 aromatic rings. The van der Waals surface area contributed by atoms with Gasteiger partial charge in [0.1, 0.15) is 0 Å². The molecule has 1 atom stereocenters. The largest absolute Gasteiger partial charge is 0.357 e. The highest BCUT2D eigenvalue weighted by Crippen LogP contribution is 2.20. The zero-order valence-corrected chi connectivity index (χ0v) is 18.7. The number of likely N-dealkylation sites (tertiary alicyclic amines) is 1. The molecule has 1 saturated heterocycles. The molecule has 154 valence electrons. The monoisotopic (exact) mass is 419 g/mol. The summed E-state index contributed by atoms with van der Waals surface area (Å²) in [5, 5.41) is 10.2. The number of nitrogens with zero attached hydrogens (tertiary/aromatic N) is 3. The predicted molar refractivity (Wildman–Crippen MR) is 121 cm³/mol. The van der Waals surface area contributed by atoms with Crippen LogP contribution in [0, 0.1) is 5.92 Å². The average Bonchev–Trinajstić information content (AvgIpc) is 3.38. The van der Waals surface area contributed by atoms with Crippen molar-refractivity contribution in [3.63, 3.8) is 0 Å². The first-order valence-corrected chi connectivity index (χ1v) is 12.2. The highest BCUT2D eigenvalue weighted by Gasteiger charge is 2.20. The number of aryl methyl sites for hydroxylation is 1. The van der Waals surface area contributed by atoms with E-state index in [1.54, 1.807) is 0 Å². The smallest absolute Gasteiger partial charge is 0.191 e. The van der Waals surface area contributed by atoms with Crippen LogP contribution in [0.25, 0.3) is 0 Å². The Bertz CT molecular complexity index is 710. The molecule has 0 spiro atoms. The fourth-order valence-corrected chi connectivity index (χ4v) is 5.15. The third-order valence-electron chi connectivity index (χ3n) is 5.00. The van der Waals surface area contributed by atoms with Crippen molar-refractivity contribution in [3.8, 4) is 0 Å². The van der Waals surface area contributed by atoms with Crippen LogP contribution in [-0.4, -0.2) is 48.6 Å². The maximum absolute atomic E-state index is 4.87. The number of aromatic nitrogens is 1.